The number of hydrogen-bond donors (Lipinski definition) is 1. The van der Waals surface area contributed by atoms with E-state index in [9.17, 15) is 4.79 Å². The van der Waals surface area contributed by atoms with E-state index in [1.807, 2.05) is 6.92 Å². The minimum atomic E-state index is -0.817. The van der Waals surface area contributed by atoms with Crippen LogP contribution in [0.2, 0.25) is 0 Å². The number of carboxylic acids is 1. The van der Waals surface area contributed by atoms with E-state index in [1.165, 1.54) is 0 Å². The van der Waals surface area contributed by atoms with Crippen molar-refractivity contribution in [2.45, 2.75) is 19.3 Å². The maximum Gasteiger partial charge on any atom is 0.311 e. The third kappa shape index (κ3) is 2.85. The van der Waals surface area contributed by atoms with Gasteiger partial charge in [-0.05, 0) is 69.3 Å². The molecule has 0 fully saturated rings. The monoisotopic (exact) mass is 441 g/mol. The van der Waals surface area contributed by atoms with Gasteiger partial charge in [-0.25, -0.2) is 0 Å². The number of benzene rings is 1. The molecule has 3 nitrogen and oxygen atoms in total. The van der Waals surface area contributed by atoms with Crippen molar-refractivity contribution in [3.05, 3.63) is 30.4 Å². The Labute approximate surface area is 121 Å². The molecule has 0 aliphatic carbocycles. The lowest BCUT2D eigenvalue weighted by Crippen LogP contribution is -2.13. The van der Waals surface area contributed by atoms with Gasteiger partial charge in [-0.3, -0.25) is 4.79 Å². The first-order valence-corrected chi connectivity index (χ1v) is 6.78. The highest BCUT2D eigenvalue weighted by molar-refractivity contribution is 14.1. The molecule has 1 rings (SSSR count). The van der Waals surface area contributed by atoms with E-state index >= 15 is 0 Å². The average molecular weight is 441 g/mol. The van der Waals surface area contributed by atoms with Crippen LogP contribution in [0.15, 0.2) is 12.1 Å². The molecule has 0 amide bonds. The summed E-state index contributed by atoms with van der Waals surface area (Å²) in [6, 6.07) is 5.52. The molecule has 0 spiro atoms. The molecule has 0 bridgehead atoms. The van der Waals surface area contributed by atoms with Gasteiger partial charge in [0, 0.05) is 7.14 Å². The SMILES string of the molecule is CCC(C(=O)O)c1c(I)cc(C#N)cc1I. The van der Waals surface area contributed by atoms with E-state index < -0.39 is 11.9 Å². The van der Waals surface area contributed by atoms with Crippen molar-refractivity contribution in [3.8, 4) is 6.07 Å². The van der Waals surface area contributed by atoms with Crippen molar-refractivity contribution in [2.75, 3.05) is 0 Å². The van der Waals surface area contributed by atoms with E-state index in [4.69, 9.17) is 10.4 Å². The second kappa shape index (κ2) is 5.82. The lowest BCUT2D eigenvalue weighted by atomic mass is 9.96. The third-order valence-corrected chi connectivity index (χ3v) is 4.05. The van der Waals surface area contributed by atoms with Gasteiger partial charge in [0.15, 0.2) is 0 Å². The largest absolute Gasteiger partial charge is 0.481 e. The van der Waals surface area contributed by atoms with Gasteiger partial charge in [0.25, 0.3) is 0 Å². The van der Waals surface area contributed by atoms with Crippen molar-refractivity contribution >= 4 is 51.2 Å². The summed E-state index contributed by atoms with van der Waals surface area (Å²) < 4.78 is 1.69. The summed E-state index contributed by atoms with van der Waals surface area (Å²) >= 11 is 4.18. The van der Waals surface area contributed by atoms with Crippen LogP contribution in [0.1, 0.15) is 30.4 Å². The molecule has 1 aromatic rings. The van der Waals surface area contributed by atoms with Gasteiger partial charge < -0.3 is 5.11 Å². The summed E-state index contributed by atoms with van der Waals surface area (Å²) in [6.07, 6.45) is 0.549. The number of carboxylic acid groups (broad SMARTS) is 1. The average Bonchev–Trinajstić information content (AvgIpc) is 2.22. The number of hydrogen-bond acceptors (Lipinski definition) is 2. The minimum Gasteiger partial charge on any atom is -0.481 e. The van der Waals surface area contributed by atoms with Crippen LogP contribution in [-0.4, -0.2) is 11.1 Å². The topological polar surface area (TPSA) is 61.1 Å². The number of nitriles is 1. The normalized spacial score (nSPS) is 11.9. The lowest BCUT2D eigenvalue weighted by molar-refractivity contribution is -0.138. The molecular weight excluding hydrogens is 432 g/mol. The summed E-state index contributed by atoms with van der Waals surface area (Å²) in [7, 11) is 0. The van der Waals surface area contributed by atoms with Crippen LogP contribution >= 0.6 is 45.2 Å². The highest BCUT2D eigenvalue weighted by atomic mass is 127. The first kappa shape index (κ1) is 13.7. The van der Waals surface area contributed by atoms with Crippen molar-refractivity contribution in [1.82, 2.24) is 0 Å². The Bertz CT molecular complexity index is 443. The Morgan fingerprint density at radius 3 is 2.31 bits per heavy atom. The zero-order valence-corrected chi connectivity index (χ0v) is 12.8. The van der Waals surface area contributed by atoms with Crippen LogP contribution in [0.5, 0.6) is 0 Å². The van der Waals surface area contributed by atoms with Gasteiger partial charge in [-0.1, -0.05) is 6.92 Å². The molecule has 0 aromatic heterocycles. The number of aliphatic carboxylic acids is 1. The van der Waals surface area contributed by atoms with E-state index in [1.54, 1.807) is 12.1 Å². The molecule has 1 N–H and O–H groups in total. The van der Waals surface area contributed by atoms with E-state index in [0.717, 1.165) is 12.7 Å². The fourth-order valence-electron chi connectivity index (χ4n) is 1.48. The highest BCUT2D eigenvalue weighted by Crippen LogP contribution is 2.30. The van der Waals surface area contributed by atoms with Gasteiger partial charge in [0.1, 0.15) is 0 Å². The Morgan fingerprint density at radius 1 is 1.50 bits per heavy atom. The molecule has 0 heterocycles. The maximum atomic E-state index is 11.1. The van der Waals surface area contributed by atoms with Crippen molar-refractivity contribution in [2.24, 2.45) is 0 Å². The summed E-state index contributed by atoms with van der Waals surface area (Å²) in [4.78, 5) is 11.1. The Hall–Kier alpha value is -0.360. The number of nitrogens with zero attached hydrogens (tertiary/aromatic N) is 1. The van der Waals surface area contributed by atoms with Crippen LogP contribution in [-0.2, 0) is 4.79 Å². The van der Waals surface area contributed by atoms with Crippen molar-refractivity contribution in [1.29, 1.82) is 5.26 Å². The maximum absolute atomic E-state index is 11.1. The molecule has 1 atom stereocenters. The molecule has 1 aromatic carbocycles. The highest BCUT2D eigenvalue weighted by Gasteiger charge is 2.23. The van der Waals surface area contributed by atoms with Gasteiger partial charge in [-0.15, -0.1) is 0 Å². The van der Waals surface area contributed by atoms with E-state index in [2.05, 4.69) is 51.3 Å². The number of halogens is 2. The van der Waals surface area contributed by atoms with Crippen LogP contribution in [0.3, 0.4) is 0 Å². The molecule has 5 heteroatoms. The molecule has 0 saturated carbocycles. The second-order valence-electron chi connectivity index (χ2n) is 3.26. The van der Waals surface area contributed by atoms with Crippen LogP contribution in [0, 0.1) is 18.5 Å². The minimum absolute atomic E-state index is 0.494. The summed E-state index contributed by atoms with van der Waals surface area (Å²) in [5.41, 5.74) is 1.38. The van der Waals surface area contributed by atoms with Gasteiger partial charge in [0.05, 0.1) is 17.6 Å². The Kier molecular flexibility index (Phi) is 4.98. The molecule has 0 radical (unpaired) electrons. The fourth-order valence-corrected chi connectivity index (χ4v) is 4.00. The van der Waals surface area contributed by atoms with E-state index in [0.29, 0.717) is 12.0 Å². The zero-order chi connectivity index (χ0) is 12.3. The molecule has 0 saturated heterocycles. The first-order chi connectivity index (χ1) is 7.51. The standard InChI is InChI=1S/C11H9I2NO2/c1-2-7(11(15)16)10-8(12)3-6(5-14)4-9(10)13/h3-4,7H,2H2,1H3,(H,15,16). The molecule has 1 unspecified atom stereocenters. The summed E-state index contributed by atoms with van der Waals surface area (Å²) in [5.74, 6) is -1.31. The van der Waals surface area contributed by atoms with Gasteiger partial charge >= 0.3 is 5.97 Å². The Balaban J connectivity index is 3.34. The predicted octanol–water partition coefficient (Wildman–Crippen LogP) is 3.35. The predicted molar refractivity (Wildman–Crippen MR) is 77.3 cm³/mol. The quantitative estimate of drug-likeness (QED) is 0.733. The smallest absolute Gasteiger partial charge is 0.311 e. The van der Waals surface area contributed by atoms with Gasteiger partial charge in [-0.2, -0.15) is 5.26 Å². The first-order valence-electron chi connectivity index (χ1n) is 4.63. The number of carbonyl (C=O) groups is 1. The van der Waals surface area contributed by atoms with Gasteiger partial charge in [0.2, 0.25) is 0 Å². The summed E-state index contributed by atoms with van der Waals surface area (Å²) in [6.45, 7) is 1.85. The zero-order valence-electron chi connectivity index (χ0n) is 8.50. The molecule has 84 valence electrons. The Morgan fingerprint density at radius 2 is 2.00 bits per heavy atom. The van der Waals surface area contributed by atoms with Crippen molar-refractivity contribution < 1.29 is 9.90 Å². The van der Waals surface area contributed by atoms with Crippen LogP contribution < -0.4 is 0 Å². The number of rotatable bonds is 3. The second-order valence-corrected chi connectivity index (χ2v) is 5.59. The fraction of sp³-hybridized carbons (Fsp3) is 0.273. The molecular formula is C11H9I2NO2. The van der Waals surface area contributed by atoms with Crippen molar-refractivity contribution in [3.63, 3.8) is 0 Å². The molecule has 0 aliphatic rings. The molecule has 16 heavy (non-hydrogen) atoms. The van der Waals surface area contributed by atoms with E-state index in [-0.39, 0.29) is 0 Å². The molecule has 0 aliphatic heterocycles. The lowest BCUT2D eigenvalue weighted by Gasteiger charge is -2.14. The summed E-state index contributed by atoms with van der Waals surface area (Å²) in [5, 5.41) is 17.9. The third-order valence-electron chi connectivity index (χ3n) is 2.26. The van der Waals surface area contributed by atoms with Crippen LogP contribution in [0.4, 0.5) is 0 Å². The van der Waals surface area contributed by atoms with Crippen LogP contribution in [0.25, 0.3) is 0 Å².